The predicted molar refractivity (Wildman–Crippen MR) is 75.8 cm³/mol. The van der Waals surface area contributed by atoms with Crippen molar-refractivity contribution in [3.63, 3.8) is 0 Å². The van der Waals surface area contributed by atoms with Crippen molar-refractivity contribution in [3.8, 4) is 0 Å². The van der Waals surface area contributed by atoms with Crippen LogP contribution in [0.3, 0.4) is 0 Å². The Balaban J connectivity index is 3.56. The number of hydrogen-bond acceptors (Lipinski definition) is 4. The minimum atomic E-state index is -0.107. The Morgan fingerprint density at radius 3 is 2.53 bits per heavy atom. The van der Waals surface area contributed by atoms with Crippen molar-refractivity contribution in [2.24, 2.45) is 5.92 Å². The lowest BCUT2D eigenvalue weighted by atomic mass is 10.1. The van der Waals surface area contributed by atoms with Crippen molar-refractivity contribution in [3.05, 3.63) is 0 Å². The summed E-state index contributed by atoms with van der Waals surface area (Å²) in [6.45, 7) is 5.91. The van der Waals surface area contributed by atoms with E-state index >= 15 is 0 Å². The Kier molecular flexibility index (Phi) is 10.2. The quantitative estimate of drug-likeness (QED) is 0.483. The first kappa shape index (κ1) is 17.9. The molecule has 0 rings (SSSR count). The summed E-state index contributed by atoms with van der Waals surface area (Å²) in [6, 6.07) is 0. The van der Waals surface area contributed by atoms with Crippen LogP contribution in [0.4, 0.5) is 0 Å². The molecule has 1 unspecified atom stereocenters. The van der Waals surface area contributed by atoms with Gasteiger partial charge in [0.25, 0.3) is 0 Å². The Labute approximate surface area is 116 Å². The summed E-state index contributed by atoms with van der Waals surface area (Å²) in [7, 11) is 3.68. The first-order valence-electron chi connectivity index (χ1n) is 7.07. The number of nitrogens with one attached hydrogen (secondary N) is 1. The number of nitrogens with zero attached hydrogens (tertiary/aromatic N) is 1. The van der Waals surface area contributed by atoms with Gasteiger partial charge in [0, 0.05) is 25.9 Å². The molecule has 0 aliphatic heterocycles. The molecule has 19 heavy (non-hydrogen) atoms. The summed E-state index contributed by atoms with van der Waals surface area (Å²) in [5.74, 6) is -0.0206. The third-order valence-corrected chi connectivity index (χ3v) is 3.01. The normalized spacial score (nSPS) is 12.3. The van der Waals surface area contributed by atoms with Gasteiger partial charge in [-0.05, 0) is 33.4 Å². The molecule has 0 aliphatic rings. The van der Waals surface area contributed by atoms with Gasteiger partial charge in [0.1, 0.15) is 0 Å². The summed E-state index contributed by atoms with van der Waals surface area (Å²) in [5, 5.41) is 2.65. The molecule has 0 aromatic rings. The second-order valence-electron chi connectivity index (χ2n) is 4.89. The van der Waals surface area contributed by atoms with Gasteiger partial charge in [-0.1, -0.05) is 13.3 Å². The molecule has 5 nitrogen and oxygen atoms in total. The number of amides is 1. The van der Waals surface area contributed by atoms with Crippen molar-refractivity contribution in [2.45, 2.75) is 39.5 Å². The molecule has 0 heterocycles. The van der Waals surface area contributed by atoms with Gasteiger partial charge in [0.2, 0.25) is 5.91 Å². The fourth-order valence-corrected chi connectivity index (χ4v) is 1.95. The van der Waals surface area contributed by atoms with Gasteiger partial charge in [-0.15, -0.1) is 0 Å². The summed E-state index contributed by atoms with van der Waals surface area (Å²) in [4.78, 5) is 24.6. The van der Waals surface area contributed by atoms with E-state index in [9.17, 15) is 9.59 Å². The third-order valence-electron chi connectivity index (χ3n) is 3.01. The average Bonchev–Trinajstić information content (AvgIpc) is 2.37. The SMILES string of the molecule is CCOC(=O)CCCCCN(C)CC(C)C(=O)NC. The van der Waals surface area contributed by atoms with Crippen LogP contribution in [0, 0.1) is 5.92 Å². The maximum absolute atomic E-state index is 11.4. The second kappa shape index (κ2) is 10.8. The molecule has 1 N–H and O–H groups in total. The number of unbranched alkanes of at least 4 members (excludes halogenated alkanes) is 2. The molecule has 0 spiro atoms. The standard InChI is InChI=1S/C14H28N2O3/c1-5-19-13(17)9-7-6-8-10-16(4)11-12(2)14(18)15-3/h12H,5-11H2,1-4H3,(H,15,18). The number of ether oxygens (including phenoxy) is 1. The van der Waals surface area contributed by atoms with Crippen LogP contribution >= 0.6 is 0 Å². The fraction of sp³-hybridized carbons (Fsp3) is 0.857. The van der Waals surface area contributed by atoms with Crippen LogP contribution in [0.5, 0.6) is 0 Å². The van der Waals surface area contributed by atoms with E-state index in [0.717, 1.165) is 32.4 Å². The van der Waals surface area contributed by atoms with Gasteiger partial charge >= 0.3 is 5.97 Å². The topological polar surface area (TPSA) is 58.6 Å². The largest absolute Gasteiger partial charge is 0.466 e. The molecule has 112 valence electrons. The molecule has 1 atom stereocenters. The van der Waals surface area contributed by atoms with Crippen molar-refractivity contribution < 1.29 is 14.3 Å². The monoisotopic (exact) mass is 272 g/mol. The molecule has 0 saturated heterocycles. The van der Waals surface area contributed by atoms with Gasteiger partial charge in [0.15, 0.2) is 0 Å². The van der Waals surface area contributed by atoms with E-state index in [4.69, 9.17) is 4.74 Å². The molecule has 0 aliphatic carbocycles. The number of carbonyl (C=O) groups excluding carboxylic acids is 2. The minimum absolute atomic E-state index is 0.00883. The predicted octanol–water partition coefficient (Wildman–Crippen LogP) is 1.42. The lowest BCUT2D eigenvalue weighted by Gasteiger charge is -2.20. The van der Waals surface area contributed by atoms with E-state index in [0.29, 0.717) is 13.0 Å². The highest BCUT2D eigenvalue weighted by Gasteiger charge is 2.13. The Morgan fingerprint density at radius 1 is 1.26 bits per heavy atom. The molecule has 0 fully saturated rings. The molecule has 5 heteroatoms. The summed E-state index contributed by atoms with van der Waals surface area (Å²) >= 11 is 0. The van der Waals surface area contributed by atoms with Gasteiger partial charge in [-0.25, -0.2) is 0 Å². The van der Waals surface area contributed by atoms with Crippen LogP contribution in [0.2, 0.25) is 0 Å². The lowest BCUT2D eigenvalue weighted by Crippen LogP contribution is -2.34. The van der Waals surface area contributed by atoms with Gasteiger partial charge < -0.3 is 15.0 Å². The van der Waals surface area contributed by atoms with Gasteiger partial charge in [0.05, 0.1) is 6.61 Å². The third kappa shape index (κ3) is 9.47. The molecule has 0 aromatic heterocycles. The minimum Gasteiger partial charge on any atom is -0.466 e. The van der Waals surface area contributed by atoms with Crippen LogP contribution in [-0.4, -0.2) is 50.6 Å². The zero-order valence-electron chi connectivity index (χ0n) is 12.7. The number of hydrogen-bond donors (Lipinski definition) is 1. The fourth-order valence-electron chi connectivity index (χ4n) is 1.95. The van der Waals surface area contributed by atoms with Crippen molar-refractivity contribution in [2.75, 3.05) is 33.8 Å². The van der Waals surface area contributed by atoms with E-state index < -0.39 is 0 Å². The van der Waals surface area contributed by atoms with Gasteiger partial charge in [-0.3, -0.25) is 9.59 Å². The number of esters is 1. The zero-order valence-corrected chi connectivity index (χ0v) is 12.7. The summed E-state index contributed by atoms with van der Waals surface area (Å²) in [6.07, 6.45) is 3.43. The van der Waals surface area contributed by atoms with Crippen LogP contribution in [0.15, 0.2) is 0 Å². The smallest absolute Gasteiger partial charge is 0.305 e. The van der Waals surface area contributed by atoms with Crippen molar-refractivity contribution in [1.82, 2.24) is 10.2 Å². The molecule has 0 aromatic carbocycles. The molecule has 0 bridgehead atoms. The number of rotatable bonds is 10. The highest BCUT2D eigenvalue weighted by Crippen LogP contribution is 2.04. The molecular weight excluding hydrogens is 244 g/mol. The molecule has 0 radical (unpaired) electrons. The van der Waals surface area contributed by atoms with E-state index in [1.165, 1.54) is 0 Å². The van der Waals surface area contributed by atoms with E-state index in [-0.39, 0.29) is 17.8 Å². The van der Waals surface area contributed by atoms with Crippen molar-refractivity contribution in [1.29, 1.82) is 0 Å². The van der Waals surface area contributed by atoms with Crippen LogP contribution in [0.1, 0.15) is 39.5 Å². The highest BCUT2D eigenvalue weighted by atomic mass is 16.5. The summed E-state index contributed by atoms with van der Waals surface area (Å²) < 4.78 is 4.87. The second-order valence-corrected chi connectivity index (χ2v) is 4.89. The average molecular weight is 272 g/mol. The van der Waals surface area contributed by atoms with Gasteiger partial charge in [-0.2, -0.15) is 0 Å². The highest BCUT2D eigenvalue weighted by molar-refractivity contribution is 5.78. The van der Waals surface area contributed by atoms with Crippen molar-refractivity contribution >= 4 is 11.9 Å². The maximum Gasteiger partial charge on any atom is 0.305 e. The van der Waals surface area contributed by atoms with E-state index in [1.807, 2.05) is 20.9 Å². The Bertz CT molecular complexity index is 269. The molecule has 0 saturated carbocycles. The molecule has 1 amide bonds. The first-order chi connectivity index (χ1) is 9.01. The van der Waals surface area contributed by atoms with Crippen LogP contribution < -0.4 is 5.32 Å². The zero-order chi connectivity index (χ0) is 14.7. The van der Waals surface area contributed by atoms with Crippen LogP contribution in [-0.2, 0) is 14.3 Å². The first-order valence-corrected chi connectivity index (χ1v) is 7.07. The lowest BCUT2D eigenvalue weighted by molar-refractivity contribution is -0.143. The Hall–Kier alpha value is -1.10. The van der Waals surface area contributed by atoms with E-state index in [1.54, 1.807) is 7.05 Å². The molecular formula is C14H28N2O3. The summed E-state index contributed by atoms with van der Waals surface area (Å²) in [5.41, 5.74) is 0. The Morgan fingerprint density at radius 2 is 1.95 bits per heavy atom. The van der Waals surface area contributed by atoms with E-state index in [2.05, 4.69) is 10.2 Å². The maximum atomic E-state index is 11.4. The number of carbonyl (C=O) groups is 2. The van der Waals surface area contributed by atoms with Crippen LogP contribution in [0.25, 0.3) is 0 Å².